The molecule has 0 spiro atoms. The van der Waals surface area contributed by atoms with Gasteiger partial charge in [0.25, 0.3) is 0 Å². The molecule has 21 heavy (non-hydrogen) atoms. The van der Waals surface area contributed by atoms with E-state index < -0.39 is 0 Å². The zero-order chi connectivity index (χ0) is 14.7. The number of nitrogens with zero attached hydrogens (tertiary/aromatic N) is 4. The number of hydrogen-bond donors (Lipinski definition) is 0. The highest BCUT2D eigenvalue weighted by molar-refractivity contribution is 6.29. The van der Waals surface area contributed by atoms with Crippen molar-refractivity contribution >= 4 is 11.6 Å². The lowest BCUT2D eigenvalue weighted by atomic mass is 10.2. The molecule has 0 aliphatic rings. The molecular formula is C15H13ClN4O. The minimum Gasteiger partial charge on any atom is -0.497 e. The van der Waals surface area contributed by atoms with Crippen LogP contribution in [0.4, 0.5) is 0 Å². The molecule has 0 bridgehead atoms. The van der Waals surface area contributed by atoms with Crippen LogP contribution in [0, 0.1) is 0 Å². The molecule has 2 aromatic heterocycles. The molecule has 0 fully saturated rings. The van der Waals surface area contributed by atoms with E-state index in [9.17, 15) is 0 Å². The van der Waals surface area contributed by atoms with E-state index >= 15 is 0 Å². The molecule has 0 saturated carbocycles. The third kappa shape index (κ3) is 3.20. The van der Waals surface area contributed by atoms with Gasteiger partial charge in [-0.3, -0.25) is 0 Å². The maximum absolute atomic E-state index is 5.88. The first-order valence-electron chi connectivity index (χ1n) is 6.39. The Morgan fingerprint density at radius 1 is 1.19 bits per heavy atom. The van der Waals surface area contributed by atoms with Crippen LogP contribution in [0.3, 0.4) is 0 Å². The Hall–Kier alpha value is -2.40. The zero-order valence-corrected chi connectivity index (χ0v) is 12.2. The number of halogens is 1. The van der Waals surface area contributed by atoms with Gasteiger partial charge >= 0.3 is 0 Å². The summed E-state index contributed by atoms with van der Waals surface area (Å²) in [5, 5.41) is 8.73. The molecule has 0 unspecified atom stereocenters. The van der Waals surface area contributed by atoms with Gasteiger partial charge in [-0.2, -0.15) is 0 Å². The van der Waals surface area contributed by atoms with Crippen molar-refractivity contribution in [2.24, 2.45) is 0 Å². The third-order valence-electron chi connectivity index (χ3n) is 3.06. The number of benzene rings is 1. The maximum atomic E-state index is 5.88. The second-order valence-electron chi connectivity index (χ2n) is 4.52. The molecule has 1 aromatic carbocycles. The molecule has 3 rings (SSSR count). The van der Waals surface area contributed by atoms with Crippen LogP contribution < -0.4 is 4.74 Å². The van der Waals surface area contributed by atoms with Crippen LogP contribution in [-0.4, -0.2) is 27.1 Å². The van der Waals surface area contributed by atoms with Crippen LogP contribution in [-0.2, 0) is 6.54 Å². The van der Waals surface area contributed by atoms with E-state index in [0.717, 1.165) is 22.6 Å². The third-order valence-corrected chi connectivity index (χ3v) is 3.27. The zero-order valence-electron chi connectivity index (χ0n) is 11.4. The molecule has 0 aliphatic heterocycles. The van der Waals surface area contributed by atoms with Gasteiger partial charge in [0.1, 0.15) is 16.6 Å². The summed E-state index contributed by atoms with van der Waals surface area (Å²) in [6.45, 7) is 0.649. The van der Waals surface area contributed by atoms with Crippen molar-refractivity contribution < 1.29 is 4.74 Å². The Morgan fingerprint density at radius 3 is 2.71 bits per heavy atom. The highest BCUT2D eigenvalue weighted by Gasteiger charge is 2.05. The summed E-state index contributed by atoms with van der Waals surface area (Å²) in [4.78, 5) is 3.95. The largest absolute Gasteiger partial charge is 0.497 e. The lowest BCUT2D eigenvalue weighted by molar-refractivity contribution is 0.414. The molecule has 6 heteroatoms. The average Bonchev–Trinajstić information content (AvgIpc) is 2.97. The first kappa shape index (κ1) is 13.6. The summed E-state index contributed by atoms with van der Waals surface area (Å²) in [7, 11) is 1.65. The van der Waals surface area contributed by atoms with Gasteiger partial charge in [-0.15, -0.1) is 5.10 Å². The molecule has 0 atom stereocenters. The van der Waals surface area contributed by atoms with Crippen molar-refractivity contribution in [2.75, 3.05) is 7.11 Å². The van der Waals surface area contributed by atoms with Crippen LogP contribution in [0.15, 0.2) is 48.8 Å². The SMILES string of the molecule is COc1ccc(Cn2cc(-c3ccnc(Cl)c3)nn2)cc1. The summed E-state index contributed by atoms with van der Waals surface area (Å²) in [5.41, 5.74) is 2.80. The van der Waals surface area contributed by atoms with Crippen LogP contribution in [0.1, 0.15) is 5.56 Å². The van der Waals surface area contributed by atoms with Crippen molar-refractivity contribution in [1.82, 2.24) is 20.0 Å². The topological polar surface area (TPSA) is 52.8 Å². The summed E-state index contributed by atoms with van der Waals surface area (Å²) < 4.78 is 6.92. The van der Waals surface area contributed by atoms with Gasteiger partial charge in [0.05, 0.1) is 19.9 Å². The molecule has 0 aliphatic carbocycles. The Balaban J connectivity index is 1.78. The monoisotopic (exact) mass is 300 g/mol. The van der Waals surface area contributed by atoms with Gasteiger partial charge in [-0.1, -0.05) is 28.9 Å². The number of rotatable bonds is 4. The Morgan fingerprint density at radius 2 is 2.00 bits per heavy atom. The van der Waals surface area contributed by atoms with E-state index in [1.165, 1.54) is 0 Å². The molecule has 0 radical (unpaired) electrons. The number of methoxy groups -OCH3 is 1. The molecule has 0 saturated heterocycles. The number of pyridine rings is 1. The first-order chi connectivity index (χ1) is 10.2. The van der Waals surface area contributed by atoms with Crippen LogP contribution in [0.5, 0.6) is 5.75 Å². The fourth-order valence-corrected chi connectivity index (χ4v) is 2.16. The average molecular weight is 301 g/mol. The van der Waals surface area contributed by atoms with Gasteiger partial charge < -0.3 is 4.74 Å². The van der Waals surface area contributed by atoms with Gasteiger partial charge in [-0.05, 0) is 29.8 Å². The van der Waals surface area contributed by atoms with Crippen molar-refractivity contribution in [3.8, 4) is 17.0 Å². The highest BCUT2D eigenvalue weighted by atomic mass is 35.5. The lowest BCUT2D eigenvalue weighted by Crippen LogP contribution is -2.00. The molecule has 0 amide bonds. The van der Waals surface area contributed by atoms with E-state index in [1.54, 1.807) is 24.1 Å². The van der Waals surface area contributed by atoms with E-state index in [0.29, 0.717) is 11.7 Å². The van der Waals surface area contributed by atoms with E-state index in [-0.39, 0.29) is 0 Å². The summed E-state index contributed by atoms with van der Waals surface area (Å²) in [6, 6.07) is 11.5. The smallest absolute Gasteiger partial charge is 0.129 e. The van der Waals surface area contributed by atoms with E-state index in [4.69, 9.17) is 16.3 Å². The van der Waals surface area contributed by atoms with Gasteiger partial charge in [0, 0.05) is 11.8 Å². The van der Waals surface area contributed by atoms with Crippen molar-refractivity contribution in [3.05, 3.63) is 59.5 Å². The minimum atomic E-state index is 0.442. The van der Waals surface area contributed by atoms with E-state index in [2.05, 4.69) is 15.3 Å². The summed E-state index contributed by atoms with van der Waals surface area (Å²) >= 11 is 5.88. The standard InChI is InChI=1S/C15H13ClN4O/c1-21-13-4-2-11(3-5-13)9-20-10-14(18-19-20)12-6-7-17-15(16)8-12/h2-8,10H,9H2,1H3. The van der Waals surface area contributed by atoms with Crippen molar-refractivity contribution in [2.45, 2.75) is 6.54 Å². The molecule has 106 valence electrons. The second kappa shape index (κ2) is 5.93. The number of aromatic nitrogens is 4. The summed E-state index contributed by atoms with van der Waals surface area (Å²) in [5.74, 6) is 0.837. The Labute approximate surface area is 127 Å². The Kier molecular flexibility index (Phi) is 3.83. The normalized spacial score (nSPS) is 10.6. The van der Waals surface area contributed by atoms with Gasteiger partial charge in [0.2, 0.25) is 0 Å². The van der Waals surface area contributed by atoms with Crippen LogP contribution in [0.2, 0.25) is 5.15 Å². The van der Waals surface area contributed by atoms with Crippen molar-refractivity contribution in [3.63, 3.8) is 0 Å². The maximum Gasteiger partial charge on any atom is 0.129 e. The number of hydrogen-bond acceptors (Lipinski definition) is 4. The van der Waals surface area contributed by atoms with Crippen LogP contribution >= 0.6 is 11.6 Å². The van der Waals surface area contributed by atoms with Gasteiger partial charge in [-0.25, -0.2) is 9.67 Å². The highest BCUT2D eigenvalue weighted by Crippen LogP contribution is 2.19. The number of ether oxygens (including phenoxy) is 1. The fraction of sp³-hybridized carbons (Fsp3) is 0.133. The quantitative estimate of drug-likeness (QED) is 0.695. The molecular weight excluding hydrogens is 288 g/mol. The van der Waals surface area contributed by atoms with Gasteiger partial charge in [0.15, 0.2) is 0 Å². The Bertz CT molecular complexity index is 739. The second-order valence-corrected chi connectivity index (χ2v) is 4.90. The van der Waals surface area contributed by atoms with E-state index in [1.807, 2.05) is 36.5 Å². The predicted octanol–water partition coefficient (Wildman–Crippen LogP) is 3.05. The van der Waals surface area contributed by atoms with Crippen molar-refractivity contribution in [1.29, 1.82) is 0 Å². The summed E-state index contributed by atoms with van der Waals surface area (Å²) in [6.07, 6.45) is 3.54. The predicted molar refractivity (Wildman–Crippen MR) is 80.4 cm³/mol. The van der Waals surface area contributed by atoms with Crippen LogP contribution in [0.25, 0.3) is 11.3 Å². The molecule has 0 N–H and O–H groups in total. The fourth-order valence-electron chi connectivity index (χ4n) is 1.99. The first-order valence-corrected chi connectivity index (χ1v) is 6.77. The minimum absolute atomic E-state index is 0.442. The molecule has 3 aromatic rings. The molecule has 5 nitrogen and oxygen atoms in total. The molecule has 2 heterocycles. The lowest BCUT2D eigenvalue weighted by Gasteiger charge is -2.03.